The topological polar surface area (TPSA) is 75.1 Å². The van der Waals surface area contributed by atoms with Crippen LogP contribution in [0.4, 0.5) is 5.69 Å². The Labute approximate surface area is 137 Å². The Morgan fingerprint density at radius 1 is 1.09 bits per heavy atom. The number of hydrogen-bond acceptors (Lipinski definition) is 5. The summed E-state index contributed by atoms with van der Waals surface area (Å²) in [5, 5.41) is 9.11. The summed E-state index contributed by atoms with van der Waals surface area (Å²) in [6, 6.07) is 13.1. The van der Waals surface area contributed by atoms with Gasteiger partial charge in [0.25, 0.3) is 0 Å². The number of H-pyrrole nitrogens is 1. The maximum absolute atomic E-state index is 8.45. The molecule has 0 unspecified atom stereocenters. The fraction of sp³-hybridized carbons (Fsp3) is 0.125. The first-order valence-corrected chi connectivity index (χ1v) is 7.32. The fourth-order valence-corrected chi connectivity index (χ4v) is 2.57. The minimum atomic E-state index is 0.230. The largest absolute Gasteiger partial charge is 0.493 e. The van der Waals surface area contributed by atoms with Gasteiger partial charge in [-0.3, -0.25) is 10.8 Å². The van der Waals surface area contributed by atoms with Gasteiger partial charge >= 0.3 is 0 Å². The molecule has 1 heterocycles. The maximum Gasteiger partial charge on any atom is 0.198 e. The van der Waals surface area contributed by atoms with E-state index in [-0.39, 0.29) is 5.49 Å². The summed E-state index contributed by atoms with van der Waals surface area (Å²) >= 11 is 5.36. The van der Waals surface area contributed by atoms with E-state index in [1.165, 1.54) is 4.68 Å². The summed E-state index contributed by atoms with van der Waals surface area (Å²) in [6.07, 6.45) is 0. The molecule has 0 saturated heterocycles. The van der Waals surface area contributed by atoms with Crippen molar-refractivity contribution >= 4 is 28.8 Å². The molecule has 0 radical (unpaired) electrons. The predicted molar refractivity (Wildman–Crippen MR) is 91.5 cm³/mol. The van der Waals surface area contributed by atoms with Crippen LogP contribution in [0.5, 0.6) is 11.5 Å². The van der Waals surface area contributed by atoms with Gasteiger partial charge in [0.1, 0.15) is 0 Å². The molecule has 0 fully saturated rings. The standard InChI is InChI=1S/C16H16N4O2S/c1-21-13-8-11-12(9-14(13)22-2)18-16(23)20(15(11)17)19-10-6-4-3-5-7-10/h3-9,17,19H,1-2H3,(H,18,23). The van der Waals surface area contributed by atoms with Crippen molar-refractivity contribution in [3.05, 3.63) is 52.7 Å². The Morgan fingerprint density at radius 3 is 2.39 bits per heavy atom. The van der Waals surface area contributed by atoms with Crippen molar-refractivity contribution in [1.82, 2.24) is 9.66 Å². The number of aromatic amines is 1. The number of nitrogens with one attached hydrogen (secondary N) is 3. The molecule has 7 heteroatoms. The molecule has 2 aromatic carbocycles. The summed E-state index contributed by atoms with van der Waals surface area (Å²) in [4.78, 5) is 3.11. The van der Waals surface area contributed by atoms with Crippen molar-refractivity contribution < 1.29 is 9.47 Å². The number of methoxy groups -OCH3 is 2. The summed E-state index contributed by atoms with van der Waals surface area (Å²) < 4.78 is 12.5. The molecule has 0 aliphatic rings. The minimum absolute atomic E-state index is 0.230. The van der Waals surface area contributed by atoms with Crippen molar-refractivity contribution in [3.8, 4) is 11.5 Å². The molecule has 1 aromatic heterocycles. The van der Waals surface area contributed by atoms with Gasteiger partial charge in [0.15, 0.2) is 21.8 Å². The summed E-state index contributed by atoms with van der Waals surface area (Å²) in [7, 11) is 3.13. The maximum atomic E-state index is 8.45. The van der Waals surface area contributed by atoms with Crippen LogP contribution in [-0.2, 0) is 0 Å². The first-order valence-electron chi connectivity index (χ1n) is 6.92. The zero-order chi connectivity index (χ0) is 16.4. The number of benzene rings is 2. The van der Waals surface area contributed by atoms with E-state index in [0.29, 0.717) is 27.2 Å². The lowest BCUT2D eigenvalue weighted by molar-refractivity contribution is 0.355. The van der Waals surface area contributed by atoms with Gasteiger partial charge in [-0.05, 0) is 30.4 Å². The SMILES string of the molecule is COc1cc2[nH]c(=S)n(Nc3ccccc3)c(=N)c2cc1OC. The fourth-order valence-electron chi connectivity index (χ4n) is 2.32. The number of rotatable bonds is 4. The van der Waals surface area contributed by atoms with Gasteiger partial charge in [0, 0.05) is 11.5 Å². The highest BCUT2D eigenvalue weighted by atomic mass is 32.1. The van der Waals surface area contributed by atoms with Gasteiger partial charge in [-0.15, -0.1) is 0 Å². The van der Waals surface area contributed by atoms with Crippen molar-refractivity contribution in [2.75, 3.05) is 19.6 Å². The van der Waals surface area contributed by atoms with Crippen LogP contribution in [0.25, 0.3) is 10.9 Å². The molecule has 0 atom stereocenters. The third-order valence-corrected chi connectivity index (χ3v) is 3.75. The highest BCUT2D eigenvalue weighted by Crippen LogP contribution is 2.29. The van der Waals surface area contributed by atoms with Crippen molar-refractivity contribution in [2.24, 2.45) is 0 Å². The smallest absolute Gasteiger partial charge is 0.198 e. The molecule has 0 saturated carbocycles. The molecule has 23 heavy (non-hydrogen) atoms. The lowest BCUT2D eigenvalue weighted by atomic mass is 10.2. The number of aromatic nitrogens is 2. The number of hydrogen-bond donors (Lipinski definition) is 3. The molecule has 3 aromatic rings. The average molecular weight is 328 g/mol. The summed E-state index contributed by atoms with van der Waals surface area (Å²) in [6.45, 7) is 0. The van der Waals surface area contributed by atoms with Gasteiger partial charge in [0.2, 0.25) is 0 Å². The Kier molecular flexibility index (Phi) is 4.03. The highest BCUT2D eigenvalue weighted by molar-refractivity contribution is 7.71. The quantitative estimate of drug-likeness (QED) is 0.644. The molecule has 3 N–H and O–H groups in total. The molecule has 0 spiro atoms. The average Bonchev–Trinajstić information content (AvgIpc) is 2.58. The molecular formula is C16H16N4O2S. The van der Waals surface area contributed by atoms with Crippen molar-refractivity contribution in [3.63, 3.8) is 0 Å². The number of ether oxygens (including phenoxy) is 2. The first-order chi connectivity index (χ1) is 11.1. The van der Waals surface area contributed by atoms with E-state index in [1.54, 1.807) is 26.4 Å². The molecule has 118 valence electrons. The van der Waals surface area contributed by atoms with Crippen LogP contribution in [0.2, 0.25) is 0 Å². The second-order valence-corrected chi connectivity index (χ2v) is 5.23. The van der Waals surface area contributed by atoms with Crippen molar-refractivity contribution in [1.29, 1.82) is 5.41 Å². The lowest BCUT2D eigenvalue weighted by Gasteiger charge is -2.14. The van der Waals surface area contributed by atoms with Gasteiger partial charge in [-0.2, -0.15) is 0 Å². The second kappa shape index (κ2) is 6.13. The van der Waals surface area contributed by atoms with Gasteiger partial charge in [-0.25, -0.2) is 4.68 Å². The third kappa shape index (κ3) is 2.78. The second-order valence-electron chi connectivity index (χ2n) is 4.84. The van der Waals surface area contributed by atoms with Crippen LogP contribution in [0.1, 0.15) is 0 Å². The van der Waals surface area contributed by atoms with E-state index in [0.717, 1.165) is 5.69 Å². The number of para-hydroxylation sites is 1. The summed E-state index contributed by atoms with van der Waals surface area (Å²) in [5.74, 6) is 1.14. The highest BCUT2D eigenvalue weighted by Gasteiger charge is 2.10. The molecule has 0 bridgehead atoms. The van der Waals surface area contributed by atoms with Gasteiger partial charge in [-0.1, -0.05) is 18.2 Å². The van der Waals surface area contributed by atoms with Crippen LogP contribution in [0.15, 0.2) is 42.5 Å². The van der Waals surface area contributed by atoms with E-state index in [2.05, 4.69) is 10.4 Å². The predicted octanol–water partition coefficient (Wildman–Crippen LogP) is 3.07. The van der Waals surface area contributed by atoms with Crippen LogP contribution in [0.3, 0.4) is 0 Å². The minimum Gasteiger partial charge on any atom is -0.493 e. The van der Waals surface area contributed by atoms with Crippen LogP contribution < -0.4 is 20.4 Å². The monoisotopic (exact) mass is 328 g/mol. The first kappa shape index (κ1) is 15.1. The van der Waals surface area contributed by atoms with Gasteiger partial charge < -0.3 is 14.5 Å². The molecule has 0 amide bonds. The molecule has 0 aliphatic heterocycles. The Bertz CT molecular complexity index is 963. The van der Waals surface area contributed by atoms with Crippen LogP contribution in [-0.4, -0.2) is 23.9 Å². The van der Waals surface area contributed by atoms with Crippen LogP contribution in [0, 0.1) is 10.2 Å². The van der Waals surface area contributed by atoms with E-state index < -0.39 is 0 Å². The van der Waals surface area contributed by atoms with E-state index in [1.807, 2.05) is 30.3 Å². The molecule has 6 nitrogen and oxygen atoms in total. The molecule has 0 aliphatic carbocycles. The lowest BCUT2D eigenvalue weighted by Crippen LogP contribution is -2.28. The number of anilines is 1. The Morgan fingerprint density at radius 2 is 1.74 bits per heavy atom. The molecule has 3 rings (SSSR count). The Balaban J connectivity index is 2.21. The molecular weight excluding hydrogens is 312 g/mol. The van der Waals surface area contributed by atoms with E-state index >= 15 is 0 Å². The van der Waals surface area contributed by atoms with E-state index in [9.17, 15) is 0 Å². The zero-order valence-electron chi connectivity index (χ0n) is 12.7. The third-order valence-electron chi connectivity index (χ3n) is 3.46. The van der Waals surface area contributed by atoms with Crippen molar-refractivity contribution in [2.45, 2.75) is 0 Å². The summed E-state index contributed by atoms with van der Waals surface area (Å²) in [5.41, 5.74) is 4.90. The van der Waals surface area contributed by atoms with Crippen LogP contribution >= 0.6 is 12.2 Å². The van der Waals surface area contributed by atoms with E-state index in [4.69, 9.17) is 27.1 Å². The number of fused-ring (bicyclic) bond motifs is 1. The zero-order valence-corrected chi connectivity index (χ0v) is 13.5. The normalized spacial score (nSPS) is 10.5. The number of nitrogens with zero attached hydrogens (tertiary/aromatic N) is 1. The van der Waals surface area contributed by atoms with Gasteiger partial charge in [0.05, 0.1) is 25.4 Å². The Hall–Kier alpha value is -2.80.